The molecule has 0 aliphatic carbocycles. The monoisotopic (exact) mass is 683 g/mol. The van der Waals surface area contributed by atoms with Gasteiger partial charge in [0, 0.05) is 19.8 Å². The molecule has 0 bridgehead atoms. The molecule has 0 saturated carbocycles. The molecule has 0 spiro atoms. The Morgan fingerprint density at radius 1 is 0.469 bits per heavy atom. The van der Waals surface area contributed by atoms with Gasteiger partial charge >= 0.3 is 17.9 Å². The largest absolute Gasteiger partial charge is 0.462 e. The van der Waals surface area contributed by atoms with Crippen LogP contribution in [0.2, 0.25) is 0 Å². The van der Waals surface area contributed by atoms with Crippen LogP contribution >= 0.6 is 0 Å². The van der Waals surface area contributed by atoms with Gasteiger partial charge in [-0.15, -0.1) is 0 Å². The maximum atomic E-state index is 12.4. The van der Waals surface area contributed by atoms with Crippen LogP contribution in [0.4, 0.5) is 0 Å². The Morgan fingerprint density at radius 2 is 0.878 bits per heavy atom. The average molecular weight is 683 g/mol. The molecule has 278 valence electrons. The first kappa shape index (κ1) is 45.9. The predicted molar refractivity (Wildman–Crippen MR) is 205 cm³/mol. The summed E-state index contributed by atoms with van der Waals surface area (Å²) >= 11 is 0. The van der Waals surface area contributed by atoms with Crippen LogP contribution in [0, 0.1) is 0 Å². The highest BCUT2D eigenvalue weighted by atomic mass is 16.6. The third-order valence-electron chi connectivity index (χ3n) is 7.80. The van der Waals surface area contributed by atoms with Gasteiger partial charge < -0.3 is 14.2 Å². The Balaban J connectivity index is 4.02. The summed E-state index contributed by atoms with van der Waals surface area (Å²) < 4.78 is 15.8. The highest BCUT2D eigenvalue weighted by Crippen LogP contribution is 2.13. The van der Waals surface area contributed by atoms with Gasteiger partial charge in [0.05, 0.1) is 0 Å². The van der Waals surface area contributed by atoms with E-state index in [4.69, 9.17) is 14.2 Å². The van der Waals surface area contributed by atoms with E-state index in [0.717, 1.165) is 57.8 Å². The lowest BCUT2D eigenvalue weighted by molar-refractivity contribution is -0.166. The van der Waals surface area contributed by atoms with E-state index in [9.17, 15) is 14.4 Å². The lowest BCUT2D eigenvalue weighted by atomic mass is 10.0. The molecule has 0 rings (SSSR count). The van der Waals surface area contributed by atoms with E-state index in [2.05, 4.69) is 74.6 Å². The number of allylic oxidation sites excluding steroid dienone is 12. The van der Waals surface area contributed by atoms with Crippen LogP contribution in [-0.4, -0.2) is 37.2 Å². The minimum Gasteiger partial charge on any atom is -0.462 e. The van der Waals surface area contributed by atoms with Gasteiger partial charge in [-0.1, -0.05) is 164 Å². The van der Waals surface area contributed by atoms with Gasteiger partial charge in [-0.3, -0.25) is 14.4 Å². The summed E-state index contributed by atoms with van der Waals surface area (Å²) in [6, 6.07) is 0. The summed E-state index contributed by atoms with van der Waals surface area (Å²) in [7, 11) is 0. The Bertz CT molecular complexity index is 971. The number of rotatable bonds is 33. The normalized spacial score (nSPS) is 12.8. The van der Waals surface area contributed by atoms with Gasteiger partial charge in [0.2, 0.25) is 0 Å². The fourth-order valence-electron chi connectivity index (χ4n) is 4.96. The Kier molecular flexibility index (Phi) is 35.2. The van der Waals surface area contributed by atoms with E-state index >= 15 is 0 Å². The fraction of sp³-hybridized carbons (Fsp3) is 0.651. The van der Waals surface area contributed by atoms with Gasteiger partial charge in [0.25, 0.3) is 0 Å². The minimum absolute atomic E-state index is 0.115. The van der Waals surface area contributed by atoms with E-state index in [-0.39, 0.29) is 25.6 Å². The zero-order valence-electron chi connectivity index (χ0n) is 31.4. The second-order valence-electron chi connectivity index (χ2n) is 12.5. The van der Waals surface area contributed by atoms with Gasteiger partial charge in [0.15, 0.2) is 6.10 Å². The van der Waals surface area contributed by atoms with E-state index in [1.54, 1.807) is 0 Å². The first-order valence-corrected chi connectivity index (χ1v) is 19.4. The van der Waals surface area contributed by atoms with Crippen molar-refractivity contribution in [3.63, 3.8) is 0 Å². The second kappa shape index (κ2) is 37.7. The summed E-state index contributed by atoms with van der Waals surface area (Å²) in [5.41, 5.74) is 0. The summed E-state index contributed by atoms with van der Waals surface area (Å²) in [5.74, 6) is -1.20. The number of hydrogen-bond donors (Lipinski definition) is 0. The molecule has 0 radical (unpaired) electrons. The molecular weight excluding hydrogens is 612 g/mol. The van der Waals surface area contributed by atoms with Crippen molar-refractivity contribution >= 4 is 17.9 Å². The molecule has 0 aliphatic rings. The standard InChI is InChI=1S/C43H70O6/c1-4-6-8-10-12-14-16-18-19-20-21-22-23-25-27-29-31-33-35-37-43(46)49-41(38-47-40(3)44)39-48-42(45)36-34-32-30-28-26-24-17-15-13-11-9-7-5-2/h6,8,12,14,18-19,21-22,25,27,31,33,41H,4-5,7,9-11,13,15-17,20,23-24,26,28-30,32,34-39H2,1-3H3/b8-6-,14-12-,19-18-,22-21-,27-25-,33-31-. The Labute approximate surface area is 300 Å². The lowest BCUT2D eigenvalue weighted by Crippen LogP contribution is -2.30. The number of esters is 3. The van der Waals surface area contributed by atoms with E-state index in [1.807, 2.05) is 12.2 Å². The van der Waals surface area contributed by atoms with Gasteiger partial charge in [-0.2, -0.15) is 0 Å². The van der Waals surface area contributed by atoms with Crippen LogP contribution in [-0.2, 0) is 28.6 Å². The van der Waals surface area contributed by atoms with Gasteiger partial charge in [-0.05, 0) is 51.4 Å². The summed E-state index contributed by atoms with van der Waals surface area (Å²) in [4.78, 5) is 35.9. The SMILES string of the molecule is CC/C=C\C/C=C\C/C=C\C/C=C\C/C=C\C/C=C\CCC(=O)OC(COC(C)=O)COC(=O)CCCCCCCCCCCCCCC. The predicted octanol–water partition coefficient (Wildman–Crippen LogP) is 12.0. The van der Waals surface area contributed by atoms with Gasteiger partial charge in [0.1, 0.15) is 13.2 Å². The highest BCUT2D eigenvalue weighted by Gasteiger charge is 2.18. The highest BCUT2D eigenvalue weighted by molar-refractivity contribution is 5.70. The maximum absolute atomic E-state index is 12.4. The number of ether oxygens (including phenoxy) is 3. The molecule has 0 amide bonds. The second-order valence-corrected chi connectivity index (χ2v) is 12.5. The van der Waals surface area contributed by atoms with Crippen molar-refractivity contribution in [2.75, 3.05) is 13.2 Å². The van der Waals surface area contributed by atoms with E-state index in [1.165, 1.54) is 71.1 Å². The third kappa shape index (κ3) is 37.5. The number of carbonyl (C=O) groups excluding carboxylic acids is 3. The maximum Gasteiger partial charge on any atom is 0.306 e. The number of carbonyl (C=O) groups is 3. The van der Waals surface area contributed by atoms with Crippen LogP contribution in [0.15, 0.2) is 72.9 Å². The van der Waals surface area contributed by atoms with Crippen LogP contribution in [0.25, 0.3) is 0 Å². The van der Waals surface area contributed by atoms with Gasteiger partial charge in [-0.25, -0.2) is 0 Å². The molecule has 0 aromatic carbocycles. The zero-order valence-corrected chi connectivity index (χ0v) is 31.4. The van der Waals surface area contributed by atoms with Crippen molar-refractivity contribution in [1.29, 1.82) is 0 Å². The minimum atomic E-state index is -0.808. The molecule has 0 heterocycles. The van der Waals surface area contributed by atoms with Crippen molar-refractivity contribution in [3.05, 3.63) is 72.9 Å². The van der Waals surface area contributed by atoms with Crippen molar-refractivity contribution < 1.29 is 28.6 Å². The smallest absolute Gasteiger partial charge is 0.306 e. The third-order valence-corrected chi connectivity index (χ3v) is 7.80. The van der Waals surface area contributed by atoms with Crippen molar-refractivity contribution in [2.24, 2.45) is 0 Å². The van der Waals surface area contributed by atoms with Crippen molar-refractivity contribution in [3.8, 4) is 0 Å². The average Bonchev–Trinajstić information content (AvgIpc) is 3.09. The van der Waals surface area contributed by atoms with E-state index < -0.39 is 18.0 Å². The first-order valence-electron chi connectivity index (χ1n) is 19.4. The molecule has 0 N–H and O–H groups in total. The first-order chi connectivity index (χ1) is 24.0. The van der Waals surface area contributed by atoms with Crippen LogP contribution in [0.1, 0.15) is 162 Å². The molecular formula is C43H70O6. The van der Waals surface area contributed by atoms with Crippen LogP contribution < -0.4 is 0 Å². The molecule has 1 unspecified atom stereocenters. The molecule has 49 heavy (non-hydrogen) atoms. The van der Waals surface area contributed by atoms with Crippen LogP contribution in [0.5, 0.6) is 0 Å². The quantitative estimate of drug-likeness (QED) is 0.0297. The molecule has 0 aromatic rings. The molecule has 0 aromatic heterocycles. The summed E-state index contributed by atoms with van der Waals surface area (Å²) in [5, 5.41) is 0. The van der Waals surface area contributed by atoms with Crippen molar-refractivity contribution in [1.82, 2.24) is 0 Å². The number of hydrogen-bond acceptors (Lipinski definition) is 6. The number of unbranched alkanes of at least 4 members (excludes halogenated alkanes) is 12. The topological polar surface area (TPSA) is 78.9 Å². The lowest BCUT2D eigenvalue weighted by Gasteiger charge is -2.17. The molecule has 1 atom stereocenters. The summed E-state index contributed by atoms with van der Waals surface area (Å²) in [6.45, 7) is 5.44. The van der Waals surface area contributed by atoms with Crippen molar-refractivity contribution in [2.45, 2.75) is 168 Å². The fourth-order valence-corrected chi connectivity index (χ4v) is 4.96. The molecule has 0 aliphatic heterocycles. The molecule has 0 saturated heterocycles. The Hall–Kier alpha value is -3.15. The molecule has 6 nitrogen and oxygen atoms in total. The Morgan fingerprint density at radius 3 is 1.33 bits per heavy atom. The van der Waals surface area contributed by atoms with Crippen LogP contribution in [0.3, 0.4) is 0 Å². The molecule has 6 heteroatoms. The zero-order chi connectivity index (χ0) is 35.9. The molecule has 0 fully saturated rings. The summed E-state index contributed by atoms with van der Waals surface area (Å²) in [6.07, 6.45) is 47.9. The van der Waals surface area contributed by atoms with E-state index in [0.29, 0.717) is 12.8 Å².